The van der Waals surface area contributed by atoms with Crippen LogP contribution in [0.2, 0.25) is 0 Å². The second kappa shape index (κ2) is 8.76. The maximum Gasteiger partial charge on any atom is 0.255 e. The number of hydrogen-bond donors (Lipinski definition) is 6. The largest absolute Gasteiger partial charge is 0.508 e. The van der Waals surface area contributed by atoms with Crippen LogP contribution in [0.15, 0.2) is 29.0 Å². The number of amides is 1. The third-order valence-electron chi connectivity index (χ3n) is 7.19. The lowest BCUT2D eigenvalue weighted by Crippen LogP contribution is -2.65. The first kappa shape index (κ1) is 24.9. The monoisotopic (exact) mass is 487 g/mol. The SMILES string of the molecule is CCONCc1ccc2c(c1O)C(O)=C1C(=O)[C@]3(O)C(O)=C(C(N)=O)C(=O)[C@@H](N(C)C)[C@@H]3C[C@@H]1C2. The number of Topliss-reactive ketones (excluding diaryl/α,β-unsaturated/α-hetero) is 2. The van der Waals surface area contributed by atoms with Gasteiger partial charge in [-0.05, 0) is 45.3 Å². The van der Waals surface area contributed by atoms with Gasteiger partial charge in [0.05, 0.1) is 18.2 Å². The van der Waals surface area contributed by atoms with Crippen molar-refractivity contribution in [3.8, 4) is 5.75 Å². The Morgan fingerprint density at radius 2 is 1.94 bits per heavy atom. The molecule has 11 heteroatoms. The average molecular weight is 488 g/mol. The smallest absolute Gasteiger partial charge is 0.255 e. The number of phenols is 1. The quantitative estimate of drug-likeness (QED) is 0.181. The van der Waals surface area contributed by atoms with Crippen LogP contribution in [0.3, 0.4) is 0 Å². The highest BCUT2D eigenvalue weighted by atomic mass is 16.6. The molecule has 3 aliphatic rings. The lowest BCUT2D eigenvalue weighted by molar-refractivity contribution is -0.153. The van der Waals surface area contributed by atoms with Crippen molar-refractivity contribution in [2.24, 2.45) is 17.6 Å². The van der Waals surface area contributed by atoms with E-state index in [1.54, 1.807) is 33.2 Å². The lowest BCUT2D eigenvalue weighted by atomic mass is 9.57. The number of carbonyl (C=O) groups excluding carboxylic acids is 3. The molecule has 7 N–H and O–H groups in total. The molecule has 1 saturated carbocycles. The van der Waals surface area contributed by atoms with Gasteiger partial charge in [0, 0.05) is 23.6 Å². The summed E-state index contributed by atoms with van der Waals surface area (Å²) in [6.07, 6.45) is 0.307. The Bertz CT molecular complexity index is 1190. The highest BCUT2D eigenvalue weighted by Crippen LogP contribution is 2.52. The number of primary amides is 1. The molecule has 1 aromatic rings. The van der Waals surface area contributed by atoms with Crippen LogP contribution in [0.25, 0.3) is 5.76 Å². The van der Waals surface area contributed by atoms with E-state index >= 15 is 0 Å². The molecule has 1 fully saturated rings. The summed E-state index contributed by atoms with van der Waals surface area (Å²) >= 11 is 0. The second-order valence-electron chi connectivity index (χ2n) is 9.32. The number of aromatic hydroxyl groups is 1. The van der Waals surface area contributed by atoms with Gasteiger partial charge in [0.2, 0.25) is 5.78 Å². The maximum absolute atomic E-state index is 13.7. The van der Waals surface area contributed by atoms with Crippen LogP contribution in [0.4, 0.5) is 0 Å². The summed E-state index contributed by atoms with van der Waals surface area (Å²) in [5.41, 5.74) is 5.40. The first-order valence-electron chi connectivity index (χ1n) is 11.3. The molecular weight excluding hydrogens is 458 g/mol. The van der Waals surface area contributed by atoms with E-state index in [4.69, 9.17) is 10.6 Å². The molecule has 4 atom stereocenters. The van der Waals surface area contributed by atoms with Crippen LogP contribution < -0.4 is 11.2 Å². The number of carbonyl (C=O) groups is 3. The van der Waals surface area contributed by atoms with Crippen molar-refractivity contribution >= 4 is 23.2 Å². The van der Waals surface area contributed by atoms with Gasteiger partial charge in [-0.25, -0.2) is 0 Å². The van der Waals surface area contributed by atoms with E-state index in [9.17, 15) is 34.8 Å². The molecule has 0 saturated heterocycles. The molecule has 1 amide bonds. The average Bonchev–Trinajstić information content (AvgIpc) is 2.77. The highest BCUT2D eigenvalue weighted by molar-refractivity contribution is 6.24. The van der Waals surface area contributed by atoms with E-state index in [0.29, 0.717) is 17.7 Å². The number of aliphatic hydroxyl groups excluding tert-OH is 2. The Labute approximate surface area is 201 Å². The van der Waals surface area contributed by atoms with Crippen LogP contribution in [0.5, 0.6) is 5.75 Å². The van der Waals surface area contributed by atoms with Crippen molar-refractivity contribution in [2.45, 2.75) is 38.0 Å². The van der Waals surface area contributed by atoms with Crippen molar-refractivity contribution in [1.82, 2.24) is 10.4 Å². The molecule has 0 spiro atoms. The van der Waals surface area contributed by atoms with Gasteiger partial charge in [0.25, 0.3) is 5.91 Å². The summed E-state index contributed by atoms with van der Waals surface area (Å²) in [4.78, 5) is 45.3. The minimum absolute atomic E-state index is 0.0529. The first-order valence-corrected chi connectivity index (χ1v) is 11.3. The third kappa shape index (κ3) is 3.54. The number of nitrogens with zero attached hydrogens (tertiary/aromatic N) is 1. The van der Waals surface area contributed by atoms with E-state index in [1.165, 1.54) is 4.90 Å². The summed E-state index contributed by atoms with van der Waals surface area (Å²) in [7, 11) is 3.12. The summed E-state index contributed by atoms with van der Waals surface area (Å²) in [6.45, 7) is 2.32. The van der Waals surface area contributed by atoms with Gasteiger partial charge in [0.15, 0.2) is 11.4 Å². The molecule has 35 heavy (non-hydrogen) atoms. The number of hydroxylamine groups is 1. The molecular formula is C24H29N3O8. The van der Waals surface area contributed by atoms with Gasteiger partial charge < -0.3 is 31.0 Å². The molecule has 1 aromatic carbocycles. The molecule has 4 rings (SSSR count). The Hall–Kier alpha value is -3.25. The predicted octanol–water partition coefficient (Wildman–Crippen LogP) is 0.00510. The fraction of sp³-hybridized carbons (Fsp3) is 0.458. The normalized spacial score (nSPS) is 28.2. The molecule has 0 unspecified atom stereocenters. The van der Waals surface area contributed by atoms with Crippen LogP contribution >= 0.6 is 0 Å². The van der Waals surface area contributed by atoms with Crippen molar-refractivity contribution in [2.75, 3.05) is 20.7 Å². The number of hydrogen-bond acceptors (Lipinski definition) is 10. The number of rotatable bonds is 6. The fourth-order valence-corrected chi connectivity index (χ4v) is 5.64. The molecule has 0 bridgehead atoms. The minimum atomic E-state index is -2.64. The minimum Gasteiger partial charge on any atom is -0.508 e. The number of benzene rings is 1. The van der Waals surface area contributed by atoms with E-state index in [-0.39, 0.29) is 36.3 Å². The number of aliphatic hydroxyl groups is 3. The Kier molecular flexibility index (Phi) is 6.22. The van der Waals surface area contributed by atoms with Crippen molar-refractivity contribution in [3.05, 3.63) is 45.7 Å². The molecule has 0 aliphatic heterocycles. The van der Waals surface area contributed by atoms with Gasteiger partial charge in [-0.1, -0.05) is 12.1 Å². The summed E-state index contributed by atoms with van der Waals surface area (Å²) in [5.74, 6) is -6.63. The van der Waals surface area contributed by atoms with Crippen molar-refractivity contribution in [3.63, 3.8) is 0 Å². The second-order valence-corrected chi connectivity index (χ2v) is 9.32. The number of likely N-dealkylation sites (N-methyl/N-ethyl adjacent to an activating group) is 1. The Morgan fingerprint density at radius 1 is 1.26 bits per heavy atom. The number of ketones is 2. The van der Waals surface area contributed by atoms with E-state index in [1.807, 2.05) is 0 Å². The van der Waals surface area contributed by atoms with E-state index < -0.39 is 58.0 Å². The predicted molar refractivity (Wildman–Crippen MR) is 123 cm³/mol. The molecule has 0 heterocycles. The first-order chi connectivity index (χ1) is 16.5. The molecule has 3 aliphatic carbocycles. The van der Waals surface area contributed by atoms with Gasteiger partial charge in [-0.3, -0.25) is 19.3 Å². The number of nitrogens with one attached hydrogen (secondary N) is 1. The summed E-state index contributed by atoms with van der Waals surface area (Å²) in [6, 6.07) is 2.31. The van der Waals surface area contributed by atoms with Crippen LogP contribution in [0.1, 0.15) is 30.0 Å². The Balaban J connectivity index is 1.88. The molecule has 0 aromatic heterocycles. The Morgan fingerprint density at radius 3 is 2.54 bits per heavy atom. The van der Waals surface area contributed by atoms with Crippen LogP contribution in [-0.2, 0) is 32.2 Å². The zero-order valence-corrected chi connectivity index (χ0v) is 19.7. The topological polar surface area (TPSA) is 183 Å². The van der Waals surface area contributed by atoms with E-state index in [2.05, 4.69) is 5.48 Å². The molecule has 188 valence electrons. The van der Waals surface area contributed by atoms with E-state index in [0.717, 1.165) is 0 Å². The van der Waals surface area contributed by atoms with Gasteiger partial charge in [-0.15, -0.1) is 0 Å². The van der Waals surface area contributed by atoms with Crippen LogP contribution in [-0.4, -0.2) is 75.1 Å². The third-order valence-corrected chi connectivity index (χ3v) is 7.19. The van der Waals surface area contributed by atoms with Crippen molar-refractivity contribution in [1.29, 1.82) is 0 Å². The fourth-order valence-electron chi connectivity index (χ4n) is 5.64. The summed E-state index contributed by atoms with van der Waals surface area (Å²) in [5, 5.41) is 44.4. The standard InChI is InChI=1S/C24H29N3O8/c1-4-35-26-9-11-6-5-10-7-12-8-13-17(27(2)3)20(30)16(23(25)33)22(32)24(13,34)21(31)15(12)19(29)14(10)18(11)28/h5-6,12-13,17,26,28-29,32,34H,4,7-9H2,1-3H3,(H2,25,33)/t12-,13-,17-,24-/m0/s1. The van der Waals surface area contributed by atoms with Crippen LogP contribution in [0, 0.1) is 11.8 Å². The zero-order valence-electron chi connectivity index (χ0n) is 19.7. The number of phenolic OH excluding ortho intramolecular Hbond substituents is 1. The number of fused-ring (bicyclic) bond motifs is 3. The lowest BCUT2D eigenvalue weighted by Gasteiger charge is -2.50. The highest BCUT2D eigenvalue weighted by Gasteiger charge is 2.64. The summed E-state index contributed by atoms with van der Waals surface area (Å²) < 4.78 is 0. The molecule has 11 nitrogen and oxygen atoms in total. The zero-order chi connectivity index (χ0) is 25.8. The number of nitrogens with two attached hydrogens (primary N) is 1. The van der Waals surface area contributed by atoms with Gasteiger partial charge in [0.1, 0.15) is 22.8 Å². The van der Waals surface area contributed by atoms with Gasteiger partial charge >= 0.3 is 0 Å². The van der Waals surface area contributed by atoms with Crippen molar-refractivity contribution < 1.29 is 39.6 Å². The molecule has 0 radical (unpaired) electrons. The maximum atomic E-state index is 13.7. The van der Waals surface area contributed by atoms with Gasteiger partial charge in [-0.2, -0.15) is 5.48 Å².